The van der Waals surface area contributed by atoms with Crippen LogP contribution in [0.4, 0.5) is 0 Å². The number of carboxylic acids is 1. The number of hydrogen-bond acceptors (Lipinski definition) is 3. The van der Waals surface area contributed by atoms with Gasteiger partial charge in [0.05, 0.1) is 5.41 Å². The number of carbonyl (C=O) groups is 3. The van der Waals surface area contributed by atoms with Gasteiger partial charge in [0.2, 0.25) is 11.8 Å². The minimum atomic E-state index is -1.05. The van der Waals surface area contributed by atoms with Gasteiger partial charge in [-0.25, -0.2) is 0 Å². The van der Waals surface area contributed by atoms with Gasteiger partial charge >= 0.3 is 5.97 Å². The fraction of sp³-hybridized carbons (Fsp3) is 0.769. The number of rotatable bonds is 7. The summed E-state index contributed by atoms with van der Waals surface area (Å²) in [5.41, 5.74) is -1.05. The molecule has 2 amide bonds. The van der Waals surface area contributed by atoms with E-state index in [4.69, 9.17) is 0 Å². The smallest absolute Gasteiger partial charge is 0.310 e. The molecule has 0 rings (SSSR count). The molecule has 1 atom stereocenters. The van der Waals surface area contributed by atoms with Crippen molar-refractivity contribution in [2.75, 3.05) is 14.1 Å². The fourth-order valence-electron chi connectivity index (χ4n) is 1.93. The van der Waals surface area contributed by atoms with Crippen LogP contribution in [0.5, 0.6) is 0 Å². The van der Waals surface area contributed by atoms with Gasteiger partial charge in [-0.05, 0) is 19.8 Å². The summed E-state index contributed by atoms with van der Waals surface area (Å²) in [6.07, 6.45) is 0.644. The van der Waals surface area contributed by atoms with Crippen LogP contribution in [0.3, 0.4) is 0 Å². The first-order chi connectivity index (χ1) is 8.70. The average Bonchev–Trinajstić information content (AvgIpc) is 2.34. The van der Waals surface area contributed by atoms with Gasteiger partial charge in [-0.3, -0.25) is 14.4 Å². The molecule has 0 aromatic rings. The van der Waals surface area contributed by atoms with Crippen molar-refractivity contribution in [3.8, 4) is 0 Å². The van der Waals surface area contributed by atoms with E-state index in [1.807, 2.05) is 0 Å². The summed E-state index contributed by atoms with van der Waals surface area (Å²) in [6, 6.07) is -0.650. The number of carbonyl (C=O) groups excluding carboxylic acids is 2. The van der Waals surface area contributed by atoms with Gasteiger partial charge in [-0.2, -0.15) is 0 Å². The van der Waals surface area contributed by atoms with E-state index in [1.165, 1.54) is 4.90 Å². The third kappa shape index (κ3) is 4.54. The standard InChI is InChI=1S/C13H24N2O4/c1-6-13(7-2,12(18)19)8-10(16)14-9(3)11(17)15(4)5/h9H,6-8H2,1-5H3,(H,14,16)(H,18,19). The summed E-state index contributed by atoms with van der Waals surface area (Å²) in [7, 11) is 3.20. The van der Waals surface area contributed by atoms with E-state index in [1.54, 1.807) is 34.9 Å². The number of carboxylic acid groups (broad SMARTS) is 1. The molecule has 0 saturated carbocycles. The molecule has 0 heterocycles. The van der Waals surface area contributed by atoms with Gasteiger partial charge in [0, 0.05) is 20.5 Å². The second kappa shape index (κ2) is 7.11. The molecule has 6 nitrogen and oxygen atoms in total. The van der Waals surface area contributed by atoms with E-state index in [9.17, 15) is 19.5 Å². The Morgan fingerprint density at radius 3 is 2.00 bits per heavy atom. The lowest BCUT2D eigenvalue weighted by molar-refractivity contribution is -0.152. The van der Waals surface area contributed by atoms with E-state index in [0.717, 1.165) is 0 Å². The van der Waals surface area contributed by atoms with Crippen molar-refractivity contribution in [1.29, 1.82) is 0 Å². The van der Waals surface area contributed by atoms with Crippen molar-refractivity contribution in [3.05, 3.63) is 0 Å². The van der Waals surface area contributed by atoms with Gasteiger partial charge in [-0.15, -0.1) is 0 Å². The van der Waals surface area contributed by atoms with Crippen LogP contribution in [0.2, 0.25) is 0 Å². The molecule has 0 saturated heterocycles. The van der Waals surface area contributed by atoms with Crippen LogP contribution in [-0.4, -0.2) is 47.9 Å². The Morgan fingerprint density at radius 1 is 1.21 bits per heavy atom. The van der Waals surface area contributed by atoms with Crippen LogP contribution < -0.4 is 5.32 Å². The minimum absolute atomic E-state index is 0.111. The molecular formula is C13H24N2O4. The van der Waals surface area contributed by atoms with Gasteiger partial charge < -0.3 is 15.3 Å². The Kier molecular flexibility index (Phi) is 6.52. The highest BCUT2D eigenvalue weighted by Crippen LogP contribution is 2.30. The van der Waals surface area contributed by atoms with E-state index in [0.29, 0.717) is 12.8 Å². The SMILES string of the molecule is CCC(CC)(CC(=O)NC(C)C(=O)N(C)C)C(=O)O. The first kappa shape index (κ1) is 17.4. The van der Waals surface area contributed by atoms with Crippen LogP contribution >= 0.6 is 0 Å². The molecule has 0 aromatic carbocycles. The van der Waals surface area contributed by atoms with E-state index in [-0.39, 0.29) is 12.3 Å². The van der Waals surface area contributed by atoms with Crippen LogP contribution in [0.25, 0.3) is 0 Å². The molecule has 0 bridgehead atoms. The second-order valence-electron chi connectivity index (χ2n) is 4.99. The molecule has 19 heavy (non-hydrogen) atoms. The maximum absolute atomic E-state index is 11.9. The van der Waals surface area contributed by atoms with Gasteiger partial charge in [-0.1, -0.05) is 13.8 Å². The first-order valence-corrected chi connectivity index (χ1v) is 6.44. The van der Waals surface area contributed by atoms with E-state index < -0.39 is 23.3 Å². The summed E-state index contributed by atoms with van der Waals surface area (Å²) in [6.45, 7) is 5.08. The van der Waals surface area contributed by atoms with Crippen molar-refractivity contribution in [3.63, 3.8) is 0 Å². The highest BCUT2D eigenvalue weighted by atomic mass is 16.4. The highest BCUT2D eigenvalue weighted by molar-refractivity contribution is 5.89. The summed E-state index contributed by atoms with van der Waals surface area (Å²) < 4.78 is 0. The van der Waals surface area contributed by atoms with Gasteiger partial charge in [0.15, 0.2) is 0 Å². The Labute approximate surface area is 114 Å². The topological polar surface area (TPSA) is 86.7 Å². The normalized spacial score (nSPS) is 12.7. The predicted octanol–water partition coefficient (Wildman–Crippen LogP) is 0.860. The maximum atomic E-state index is 11.9. The van der Waals surface area contributed by atoms with E-state index >= 15 is 0 Å². The Hall–Kier alpha value is -1.59. The summed E-state index contributed by atoms with van der Waals surface area (Å²) >= 11 is 0. The lowest BCUT2D eigenvalue weighted by atomic mass is 9.79. The van der Waals surface area contributed by atoms with E-state index in [2.05, 4.69) is 5.32 Å². The van der Waals surface area contributed by atoms with Crippen LogP contribution in [0.1, 0.15) is 40.0 Å². The number of nitrogens with zero attached hydrogens (tertiary/aromatic N) is 1. The lowest BCUT2D eigenvalue weighted by Gasteiger charge is -2.27. The number of hydrogen-bond donors (Lipinski definition) is 2. The molecule has 0 aromatic heterocycles. The van der Waals surface area contributed by atoms with Crippen LogP contribution in [0.15, 0.2) is 0 Å². The number of likely N-dealkylation sites (N-methyl/N-ethyl adjacent to an activating group) is 1. The number of nitrogens with one attached hydrogen (secondary N) is 1. The van der Waals surface area contributed by atoms with Crippen molar-refractivity contribution >= 4 is 17.8 Å². The maximum Gasteiger partial charge on any atom is 0.310 e. The predicted molar refractivity (Wildman–Crippen MR) is 71.6 cm³/mol. The third-order valence-electron chi connectivity index (χ3n) is 3.49. The zero-order valence-electron chi connectivity index (χ0n) is 12.3. The summed E-state index contributed by atoms with van der Waals surface area (Å²) in [5.74, 6) is -1.60. The molecule has 2 N–H and O–H groups in total. The molecule has 0 aliphatic heterocycles. The number of aliphatic carboxylic acids is 1. The number of amides is 2. The van der Waals surface area contributed by atoms with Crippen molar-refractivity contribution in [2.45, 2.75) is 46.1 Å². The van der Waals surface area contributed by atoms with Crippen molar-refractivity contribution in [1.82, 2.24) is 10.2 Å². The molecular weight excluding hydrogens is 248 g/mol. The van der Waals surface area contributed by atoms with Crippen molar-refractivity contribution < 1.29 is 19.5 Å². The van der Waals surface area contributed by atoms with Gasteiger partial charge in [0.25, 0.3) is 0 Å². The zero-order chi connectivity index (χ0) is 15.2. The quantitative estimate of drug-likeness (QED) is 0.719. The first-order valence-electron chi connectivity index (χ1n) is 6.44. The Bertz CT molecular complexity index is 349. The molecule has 0 aliphatic rings. The monoisotopic (exact) mass is 272 g/mol. The zero-order valence-corrected chi connectivity index (χ0v) is 12.3. The van der Waals surface area contributed by atoms with Gasteiger partial charge in [0.1, 0.15) is 6.04 Å². The molecule has 110 valence electrons. The molecule has 0 radical (unpaired) electrons. The highest BCUT2D eigenvalue weighted by Gasteiger charge is 2.37. The second-order valence-corrected chi connectivity index (χ2v) is 4.99. The Balaban J connectivity index is 4.69. The molecule has 0 fully saturated rings. The Morgan fingerprint density at radius 2 is 1.68 bits per heavy atom. The molecule has 0 spiro atoms. The van der Waals surface area contributed by atoms with Crippen LogP contribution in [0, 0.1) is 5.41 Å². The fourth-order valence-corrected chi connectivity index (χ4v) is 1.93. The largest absolute Gasteiger partial charge is 0.481 e. The summed E-state index contributed by atoms with van der Waals surface area (Å²) in [5, 5.41) is 11.8. The molecule has 0 aliphatic carbocycles. The van der Waals surface area contributed by atoms with Crippen molar-refractivity contribution in [2.24, 2.45) is 5.41 Å². The average molecular weight is 272 g/mol. The lowest BCUT2D eigenvalue weighted by Crippen LogP contribution is -2.46. The van der Waals surface area contributed by atoms with Crippen LogP contribution in [-0.2, 0) is 14.4 Å². The third-order valence-corrected chi connectivity index (χ3v) is 3.49. The summed E-state index contributed by atoms with van der Waals surface area (Å²) in [4.78, 5) is 36.2. The minimum Gasteiger partial charge on any atom is -0.481 e. The molecule has 6 heteroatoms. The molecule has 1 unspecified atom stereocenters.